The molecule has 1 fully saturated rings. The zero-order valence-corrected chi connectivity index (χ0v) is 13.3. The fraction of sp³-hybridized carbons (Fsp3) is 0.647. The van der Waals surface area contributed by atoms with Crippen LogP contribution in [0.4, 0.5) is 4.39 Å². The lowest BCUT2D eigenvalue weighted by atomic mass is 9.85. The average molecular weight is 311 g/mol. The smallest absolute Gasteiger partial charge is 0.238 e. The second-order valence-electron chi connectivity index (χ2n) is 5.86. The van der Waals surface area contributed by atoms with Crippen LogP contribution in [0, 0.1) is 11.7 Å². The fourth-order valence-electron chi connectivity index (χ4n) is 3.06. The molecule has 1 aliphatic heterocycles. The molecule has 0 saturated carbocycles. The standard InChI is InChI=1S/C17H26FNO3/c1-3-5-16(21-2)17(20,13-6-4-11-19-12-13)22-15-9-7-14(18)8-10-15/h7-10,13,16,19-20H,3-6,11-12H2,1-2H3/t13-,16?,17?/m1/s1. The lowest BCUT2D eigenvalue weighted by Crippen LogP contribution is -2.58. The van der Waals surface area contributed by atoms with Gasteiger partial charge in [-0.25, -0.2) is 4.39 Å². The topological polar surface area (TPSA) is 50.7 Å². The molecule has 0 spiro atoms. The van der Waals surface area contributed by atoms with Gasteiger partial charge in [-0.05, 0) is 50.1 Å². The van der Waals surface area contributed by atoms with E-state index in [4.69, 9.17) is 9.47 Å². The third-order valence-electron chi connectivity index (χ3n) is 4.27. The first kappa shape index (κ1) is 17.2. The van der Waals surface area contributed by atoms with E-state index in [-0.39, 0.29) is 11.7 Å². The highest BCUT2D eigenvalue weighted by Crippen LogP contribution is 2.33. The highest BCUT2D eigenvalue weighted by Gasteiger charge is 2.46. The van der Waals surface area contributed by atoms with Gasteiger partial charge in [0, 0.05) is 19.6 Å². The first-order valence-electron chi connectivity index (χ1n) is 8.00. The third-order valence-corrected chi connectivity index (χ3v) is 4.27. The van der Waals surface area contributed by atoms with Crippen molar-refractivity contribution in [3.8, 4) is 5.75 Å². The maximum absolute atomic E-state index is 13.1. The summed E-state index contributed by atoms with van der Waals surface area (Å²) < 4.78 is 24.5. The molecule has 0 amide bonds. The van der Waals surface area contributed by atoms with Crippen LogP contribution in [0.5, 0.6) is 5.75 Å². The van der Waals surface area contributed by atoms with Crippen molar-refractivity contribution >= 4 is 0 Å². The Morgan fingerprint density at radius 1 is 1.41 bits per heavy atom. The van der Waals surface area contributed by atoms with E-state index in [9.17, 15) is 9.50 Å². The molecule has 0 radical (unpaired) electrons. The predicted molar refractivity (Wildman–Crippen MR) is 83.3 cm³/mol. The number of hydrogen-bond donors (Lipinski definition) is 2. The van der Waals surface area contributed by atoms with E-state index in [1.807, 2.05) is 6.92 Å². The van der Waals surface area contributed by atoms with Gasteiger partial charge in [-0.15, -0.1) is 0 Å². The molecule has 0 aliphatic carbocycles. The van der Waals surface area contributed by atoms with Crippen molar-refractivity contribution in [1.82, 2.24) is 5.32 Å². The molecule has 0 bridgehead atoms. The number of piperidine rings is 1. The minimum Gasteiger partial charge on any atom is -0.459 e. The van der Waals surface area contributed by atoms with Crippen molar-refractivity contribution in [1.29, 1.82) is 0 Å². The van der Waals surface area contributed by atoms with E-state index >= 15 is 0 Å². The highest BCUT2D eigenvalue weighted by atomic mass is 19.1. The Morgan fingerprint density at radius 2 is 2.14 bits per heavy atom. The molecule has 1 aromatic carbocycles. The maximum Gasteiger partial charge on any atom is 0.238 e. The third kappa shape index (κ3) is 3.97. The Balaban J connectivity index is 2.24. The quantitative estimate of drug-likeness (QED) is 0.760. The van der Waals surface area contributed by atoms with Gasteiger partial charge in [-0.3, -0.25) is 0 Å². The molecule has 1 aliphatic rings. The lowest BCUT2D eigenvalue weighted by Gasteiger charge is -2.42. The molecule has 0 aromatic heterocycles. The number of benzene rings is 1. The van der Waals surface area contributed by atoms with E-state index in [2.05, 4.69) is 5.32 Å². The van der Waals surface area contributed by atoms with Crippen molar-refractivity contribution in [2.24, 2.45) is 5.92 Å². The highest BCUT2D eigenvalue weighted by molar-refractivity contribution is 5.23. The van der Waals surface area contributed by atoms with Gasteiger partial charge in [0.2, 0.25) is 5.79 Å². The second kappa shape index (κ2) is 7.90. The number of hydrogen-bond acceptors (Lipinski definition) is 4. The summed E-state index contributed by atoms with van der Waals surface area (Å²) in [5.41, 5.74) is 0. The summed E-state index contributed by atoms with van der Waals surface area (Å²) in [6, 6.07) is 5.73. The van der Waals surface area contributed by atoms with Crippen molar-refractivity contribution in [2.75, 3.05) is 20.2 Å². The summed E-state index contributed by atoms with van der Waals surface area (Å²) in [5, 5.41) is 14.6. The second-order valence-corrected chi connectivity index (χ2v) is 5.86. The molecule has 3 atom stereocenters. The van der Waals surface area contributed by atoms with Crippen LogP contribution >= 0.6 is 0 Å². The molecule has 5 heteroatoms. The predicted octanol–water partition coefficient (Wildman–Crippen LogP) is 2.71. The van der Waals surface area contributed by atoms with Gasteiger partial charge in [-0.1, -0.05) is 13.3 Å². The first-order chi connectivity index (χ1) is 10.6. The minimum atomic E-state index is -1.42. The molecule has 4 nitrogen and oxygen atoms in total. The number of aliphatic hydroxyl groups is 1. The maximum atomic E-state index is 13.1. The zero-order chi connectivity index (χ0) is 16.0. The zero-order valence-electron chi connectivity index (χ0n) is 13.3. The largest absolute Gasteiger partial charge is 0.459 e. The van der Waals surface area contributed by atoms with Gasteiger partial charge in [0.05, 0.1) is 0 Å². The summed E-state index contributed by atoms with van der Waals surface area (Å²) in [6.45, 7) is 3.68. The van der Waals surface area contributed by atoms with E-state index in [1.54, 1.807) is 7.11 Å². The van der Waals surface area contributed by atoms with E-state index in [1.165, 1.54) is 24.3 Å². The summed E-state index contributed by atoms with van der Waals surface area (Å²) >= 11 is 0. The lowest BCUT2D eigenvalue weighted by molar-refractivity contribution is -0.249. The molecule has 124 valence electrons. The van der Waals surface area contributed by atoms with Gasteiger partial charge in [0.25, 0.3) is 0 Å². The van der Waals surface area contributed by atoms with Gasteiger partial charge >= 0.3 is 0 Å². The molecule has 1 heterocycles. The van der Waals surface area contributed by atoms with Gasteiger partial charge in [-0.2, -0.15) is 0 Å². The fourth-order valence-corrected chi connectivity index (χ4v) is 3.06. The van der Waals surface area contributed by atoms with E-state index in [0.717, 1.165) is 25.8 Å². The van der Waals surface area contributed by atoms with E-state index < -0.39 is 11.9 Å². The van der Waals surface area contributed by atoms with Crippen LogP contribution in [-0.2, 0) is 4.74 Å². The molecule has 1 saturated heterocycles. The molecule has 22 heavy (non-hydrogen) atoms. The van der Waals surface area contributed by atoms with Crippen LogP contribution in [0.1, 0.15) is 32.6 Å². The number of rotatable bonds is 7. The molecule has 2 N–H and O–H groups in total. The van der Waals surface area contributed by atoms with Crippen LogP contribution < -0.4 is 10.1 Å². The van der Waals surface area contributed by atoms with Crippen molar-refractivity contribution < 1.29 is 19.0 Å². The van der Waals surface area contributed by atoms with Crippen LogP contribution in [0.15, 0.2) is 24.3 Å². The summed E-state index contributed by atoms with van der Waals surface area (Å²) in [4.78, 5) is 0. The Kier molecular flexibility index (Phi) is 6.17. The normalized spacial score (nSPS) is 22.8. The molecule has 2 rings (SSSR count). The first-order valence-corrected chi connectivity index (χ1v) is 8.00. The number of methoxy groups -OCH3 is 1. The van der Waals surface area contributed by atoms with Gasteiger partial charge in [0.1, 0.15) is 17.7 Å². The van der Waals surface area contributed by atoms with Gasteiger partial charge in [0.15, 0.2) is 0 Å². The molecule has 2 unspecified atom stereocenters. The summed E-state index contributed by atoms with van der Waals surface area (Å²) in [5.74, 6) is -1.36. The molecular weight excluding hydrogens is 285 g/mol. The van der Waals surface area contributed by atoms with Crippen molar-refractivity contribution in [3.63, 3.8) is 0 Å². The van der Waals surface area contributed by atoms with Crippen LogP contribution in [-0.4, -0.2) is 37.2 Å². The average Bonchev–Trinajstić information content (AvgIpc) is 2.55. The number of nitrogens with one attached hydrogen (secondary N) is 1. The Bertz CT molecular complexity index is 441. The molecular formula is C17H26FNO3. The summed E-state index contributed by atoms with van der Waals surface area (Å²) in [6.07, 6.45) is 3.02. The monoisotopic (exact) mass is 311 g/mol. The Morgan fingerprint density at radius 3 is 2.68 bits per heavy atom. The Labute approximate surface area is 131 Å². The van der Waals surface area contributed by atoms with Gasteiger partial charge < -0.3 is 19.9 Å². The van der Waals surface area contributed by atoms with E-state index in [0.29, 0.717) is 18.7 Å². The number of halogens is 1. The van der Waals surface area contributed by atoms with Crippen molar-refractivity contribution in [2.45, 2.75) is 44.5 Å². The van der Waals surface area contributed by atoms with Crippen LogP contribution in [0.25, 0.3) is 0 Å². The Hall–Kier alpha value is -1.17. The molecule has 1 aromatic rings. The van der Waals surface area contributed by atoms with Crippen molar-refractivity contribution in [3.05, 3.63) is 30.1 Å². The van der Waals surface area contributed by atoms with Crippen LogP contribution in [0.3, 0.4) is 0 Å². The SMILES string of the molecule is CCCC(OC)C(O)(Oc1ccc(F)cc1)[C@@H]1CCCNC1. The minimum absolute atomic E-state index is 0.0668. The van der Waals surface area contributed by atoms with Crippen LogP contribution in [0.2, 0.25) is 0 Å². The number of ether oxygens (including phenoxy) is 2. The summed E-state index contributed by atoms with van der Waals surface area (Å²) in [7, 11) is 1.59.